The Bertz CT molecular complexity index is 903. The Morgan fingerprint density at radius 1 is 1.17 bits per heavy atom. The monoisotopic (exact) mass is 310 g/mol. The first-order chi connectivity index (χ1) is 11.2. The van der Waals surface area contributed by atoms with Gasteiger partial charge in [-0.2, -0.15) is 5.26 Å². The lowest BCUT2D eigenvalue weighted by atomic mass is 10.1. The fraction of sp³-hybridized carbons (Fsp3) is 0.118. The first-order valence-corrected chi connectivity index (χ1v) is 6.97. The van der Waals surface area contributed by atoms with Crippen molar-refractivity contribution in [2.75, 3.05) is 12.0 Å². The van der Waals surface area contributed by atoms with Crippen LogP contribution in [-0.4, -0.2) is 16.6 Å². The van der Waals surface area contributed by atoms with Crippen molar-refractivity contribution in [1.82, 2.24) is 9.97 Å². The van der Waals surface area contributed by atoms with Crippen molar-refractivity contribution in [3.05, 3.63) is 59.7 Å². The van der Waals surface area contributed by atoms with E-state index >= 15 is 0 Å². The van der Waals surface area contributed by atoms with Gasteiger partial charge in [0.15, 0.2) is 5.82 Å². The average molecular weight is 310 g/mol. The molecule has 0 bridgehead atoms. The van der Waals surface area contributed by atoms with Gasteiger partial charge in [-0.15, -0.1) is 0 Å². The van der Waals surface area contributed by atoms with E-state index in [0.29, 0.717) is 28.1 Å². The number of nitrogens with one attached hydrogen (secondary N) is 1. The Morgan fingerprint density at radius 3 is 2.83 bits per heavy atom. The molecular weight excluding hydrogens is 298 g/mol. The number of anilines is 2. The zero-order chi connectivity index (χ0) is 16.2. The van der Waals surface area contributed by atoms with Crippen LogP contribution in [0.2, 0.25) is 0 Å². The summed E-state index contributed by atoms with van der Waals surface area (Å²) in [5.74, 6) is 0.0562. The lowest BCUT2D eigenvalue weighted by Crippen LogP contribution is -1.99. The van der Waals surface area contributed by atoms with Crippen LogP contribution < -0.4 is 5.32 Å². The molecule has 0 aliphatic rings. The summed E-state index contributed by atoms with van der Waals surface area (Å²) in [6, 6.07) is 9.91. The smallest absolute Gasteiger partial charge is 0.156 e. The zero-order valence-electron chi connectivity index (χ0n) is 12.1. The van der Waals surface area contributed by atoms with Crippen LogP contribution in [0.4, 0.5) is 20.3 Å². The number of pyridine rings is 2. The highest BCUT2D eigenvalue weighted by molar-refractivity contribution is 5.90. The second kappa shape index (κ2) is 6.36. The van der Waals surface area contributed by atoms with E-state index in [2.05, 4.69) is 15.3 Å². The Kier molecular flexibility index (Phi) is 4.11. The van der Waals surface area contributed by atoms with Crippen molar-refractivity contribution in [1.29, 1.82) is 5.26 Å². The molecule has 0 amide bonds. The molecule has 3 rings (SSSR count). The van der Waals surface area contributed by atoms with Gasteiger partial charge in [0.05, 0.1) is 12.2 Å². The van der Waals surface area contributed by atoms with E-state index in [1.54, 1.807) is 30.5 Å². The highest BCUT2D eigenvalue weighted by Gasteiger charge is 2.08. The van der Waals surface area contributed by atoms with Gasteiger partial charge in [-0.05, 0) is 35.9 Å². The number of fused-ring (bicyclic) bond motifs is 1. The molecular formula is C17H12F2N4. The van der Waals surface area contributed by atoms with Gasteiger partial charge in [0.1, 0.15) is 17.4 Å². The molecule has 2 heterocycles. The van der Waals surface area contributed by atoms with Gasteiger partial charge in [0.2, 0.25) is 0 Å². The molecule has 0 unspecified atom stereocenters. The van der Waals surface area contributed by atoms with E-state index in [1.807, 2.05) is 6.07 Å². The molecule has 0 radical (unpaired) electrons. The summed E-state index contributed by atoms with van der Waals surface area (Å²) in [7, 11) is 0. The molecule has 114 valence electrons. The summed E-state index contributed by atoms with van der Waals surface area (Å²) in [6.45, 7) is -0.620. The number of hydrogen-bond acceptors (Lipinski definition) is 4. The number of benzene rings is 1. The molecule has 1 N–H and O–H groups in total. The van der Waals surface area contributed by atoms with Gasteiger partial charge in [-0.1, -0.05) is 0 Å². The van der Waals surface area contributed by atoms with Crippen molar-refractivity contribution in [3.8, 4) is 6.07 Å². The minimum absolute atomic E-state index is 0.0219. The normalized spacial score (nSPS) is 10.5. The van der Waals surface area contributed by atoms with Crippen LogP contribution in [0.5, 0.6) is 0 Å². The Balaban J connectivity index is 1.99. The molecule has 0 aliphatic carbocycles. The van der Waals surface area contributed by atoms with Crippen molar-refractivity contribution in [2.24, 2.45) is 0 Å². The molecule has 2 aromatic heterocycles. The van der Waals surface area contributed by atoms with Gasteiger partial charge in [-0.25, -0.2) is 9.37 Å². The average Bonchev–Trinajstić information content (AvgIpc) is 2.58. The molecule has 1 aromatic carbocycles. The Labute approximate surface area is 131 Å². The molecule has 23 heavy (non-hydrogen) atoms. The molecule has 3 aromatic rings. The number of nitriles is 1. The number of aryl methyl sites for hydroxylation is 1. The molecule has 4 nitrogen and oxygen atoms in total. The summed E-state index contributed by atoms with van der Waals surface area (Å²) >= 11 is 0. The fourth-order valence-electron chi connectivity index (χ4n) is 2.30. The molecule has 0 fully saturated rings. The van der Waals surface area contributed by atoms with E-state index < -0.39 is 12.5 Å². The van der Waals surface area contributed by atoms with Crippen molar-refractivity contribution in [2.45, 2.75) is 6.42 Å². The zero-order valence-corrected chi connectivity index (χ0v) is 12.1. The largest absolute Gasteiger partial charge is 0.338 e. The first-order valence-electron chi connectivity index (χ1n) is 6.97. The van der Waals surface area contributed by atoms with Crippen molar-refractivity contribution < 1.29 is 8.78 Å². The second-order valence-electron chi connectivity index (χ2n) is 4.94. The van der Waals surface area contributed by atoms with Crippen molar-refractivity contribution in [3.63, 3.8) is 0 Å². The maximum Gasteiger partial charge on any atom is 0.156 e. The summed E-state index contributed by atoms with van der Waals surface area (Å²) in [4.78, 5) is 8.47. The predicted octanol–water partition coefficient (Wildman–Crippen LogP) is 3.90. The first kappa shape index (κ1) is 14.9. The van der Waals surface area contributed by atoms with Crippen LogP contribution in [0.15, 0.2) is 42.7 Å². The standard InChI is InChI=1S/C17H12F2N4/c18-5-3-12-8-14(1-2-15(12)19)23-17-16-13(4-6-21-17)7-11(9-20)10-22-16/h1-2,4,6-8,10H,3,5H2,(H,21,23). The Morgan fingerprint density at radius 2 is 2.04 bits per heavy atom. The van der Waals surface area contributed by atoms with E-state index in [0.717, 1.165) is 5.39 Å². The maximum atomic E-state index is 13.6. The highest BCUT2D eigenvalue weighted by Crippen LogP contribution is 2.24. The van der Waals surface area contributed by atoms with Gasteiger partial charge in [0, 0.05) is 29.9 Å². The fourth-order valence-corrected chi connectivity index (χ4v) is 2.30. The number of rotatable bonds is 4. The van der Waals surface area contributed by atoms with Crippen LogP contribution in [0, 0.1) is 17.1 Å². The molecule has 0 saturated heterocycles. The maximum absolute atomic E-state index is 13.6. The highest BCUT2D eigenvalue weighted by atomic mass is 19.1. The number of hydrogen-bond donors (Lipinski definition) is 1. The third-order valence-electron chi connectivity index (χ3n) is 3.40. The topological polar surface area (TPSA) is 61.6 Å². The van der Waals surface area contributed by atoms with Gasteiger partial charge < -0.3 is 5.32 Å². The number of alkyl halides is 1. The van der Waals surface area contributed by atoms with Gasteiger partial charge in [0.25, 0.3) is 0 Å². The quantitative estimate of drug-likeness (QED) is 0.794. The lowest BCUT2D eigenvalue weighted by Gasteiger charge is -2.10. The summed E-state index contributed by atoms with van der Waals surface area (Å²) in [5.41, 5.74) is 1.96. The molecule has 0 saturated carbocycles. The van der Waals surface area contributed by atoms with Crippen LogP contribution in [0.1, 0.15) is 11.1 Å². The van der Waals surface area contributed by atoms with E-state index in [4.69, 9.17) is 5.26 Å². The van der Waals surface area contributed by atoms with Crippen molar-refractivity contribution >= 4 is 22.4 Å². The number of nitrogens with zero attached hydrogens (tertiary/aromatic N) is 3. The Hall–Kier alpha value is -3.07. The third kappa shape index (κ3) is 3.09. The third-order valence-corrected chi connectivity index (χ3v) is 3.40. The van der Waals surface area contributed by atoms with E-state index in [1.165, 1.54) is 12.3 Å². The summed E-state index contributed by atoms with van der Waals surface area (Å²) in [6.07, 6.45) is 3.09. The minimum Gasteiger partial charge on any atom is -0.338 e. The number of halogens is 2. The lowest BCUT2D eigenvalue weighted by molar-refractivity contribution is 0.486. The molecule has 0 spiro atoms. The molecule has 0 aliphatic heterocycles. The van der Waals surface area contributed by atoms with Crippen LogP contribution in [-0.2, 0) is 6.42 Å². The van der Waals surface area contributed by atoms with Gasteiger partial charge in [-0.3, -0.25) is 9.37 Å². The minimum atomic E-state index is -0.620. The SMILES string of the molecule is N#Cc1cnc2c(Nc3ccc(F)c(CCF)c3)nccc2c1. The molecule has 0 atom stereocenters. The van der Waals surface area contributed by atoms with E-state index in [-0.39, 0.29) is 6.42 Å². The summed E-state index contributed by atoms with van der Waals surface area (Å²) in [5, 5.41) is 12.8. The van der Waals surface area contributed by atoms with E-state index in [9.17, 15) is 8.78 Å². The number of aromatic nitrogens is 2. The second-order valence-corrected chi connectivity index (χ2v) is 4.94. The van der Waals surface area contributed by atoms with Gasteiger partial charge >= 0.3 is 0 Å². The summed E-state index contributed by atoms with van der Waals surface area (Å²) < 4.78 is 26.0. The predicted molar refractivity (Wildman–Crippen MR) is 83.6 cm³/mol. The van der Waals surface area contributed by atoms with Crippen LogP contribution in [0.3, 0.4) is 0 Å². The van der Waals surface area contributed by atoms with Crippen LogP contribution in [0.25, 0.3) is 10.9 Å². The van der Waals surface area contributed by atoms with Crippen LogP contribution >= 0.6 is 0 Å². The molecule has 6 heteroatoms.